The van der Waals surface area contributed by atoms with Gasteiger partial charge in [-0.25, -0.2) is 13.2 Å². The van der Waals surface area contributed by atoms with Crippen molar-refractivity contribution in [1.82, 2.24) is 5.32 Å². The second kappa shape index (κ2) is 8.62. The molecular formula is C19H21NO5S. The number of carbonyl (C=O) groups is 2. The molecule has 0 aliphatic carbocycles. The Bertz CT molecular complexity index is 878. The summed E-state index contributed by atoms with van der Waals surface area (Å²) >= 11 is 0. The van der Waals surface area contributed by atoms with Gasteiger partial charge in [0.05, 0.1) is 10.6 Å². The van der Waals surface area contributed by atoms with E-state index in [1.807, 2.05) is 6.92 Å². The quantitative estimate of drug-likeness (QED) is 0.739. The summed E-state index contributed by atoms with van der Waals surface area (Å²) in [5, 5.41) is 11.6. The molecule has 2 N–H and O–H groups in total. The summed E-state index contributed by atoms with van der Waals surface area (Å²) < 4.78 is 25.2. The summed E-state index contributed by atoms with van der Waals surface area (Å²) in [7, 11) is -3.62. The average molecular weight is 375 g/mol. The van der Waals surface area contributed by atoms with Gasteiger partial charge in [0.1, 0.15) is 6.04 Å². The molecule has 138 valence electrons. The molecule has 0 aliphatic heterocycles. The fraction of sp³-hybridized carbons (Fsp3) is 0.263. The van der Waals surface area contributed by atoms with E-state index in [1.165, 1.54) is 24.3 Å². The van der Waals surface area contributed by atoms with E-state index in [2.05, 4.69) is 5.32 Å². The highest BCUT2D eigenvalue weighted by Crippen LogP contribution is 2.18. The number of amides is 1. The molecule has 7 heteroatoms. The SMILES string of the molecule is CCCC(NC(=O)c1cccc(S(=O)(=O)Cc2ccccc2)c1)C(=O)O. The molecule has 0 fully saturated rings. The van der Waals surface area contributed by atoms with Crippen LogP contribution in [0.1, 0.15) is 35.7 Å². The fourth-order valence-electron chi connectivity index (χ4n) is 2.50. The second-order valence-corrected chi connectivity index (χ2v) is 7.92. The molecular weight excluding hydrogens is 354 g/mol. The Labute approximate surface area is 152 Å². The maximum atomic E-state index is 12.6. The number of hydrogen-bond acceptors (Lipinski definition) is 4. The topological polar surface area (TPSA) is 101 Å². The van der Waals surface area contributed by atoms with Gasteiger partial charge in [-0.05, 0) is 30.2 Å². The van der Waals surface area contributed by atoms with Crippen molar-refractivity contribution in [3.05, 3.63) is 65.7 Å². The minimum absolute atomic E-state index is 0.0244. The molecule has 0 aliphatic rings. The fourth-order valence-corrected chi connectivity index (χ4v) is 3.89. The van der Waals surface area contributed by atoms with Crippen LogP contribution in [0.5, 0.6) is 0 Å². The number of benzene rings is 2. The molecule has 0 saturated heterocycles. The monoisotopic (exact) mass is 375 g/mol. The summed E-state index contributed by atoms with van der Waals surface area (Å²) in [6.07, 6.45) is 0.899. The Kier molecular flexibility index (Phi) is 6.52. The van der Waals surface area contributed by atoms with E-state index >= 15 is 0 Å². The van der Waals surface area contributed by atoms with Crippen molar-refractivity contribution in [2.24, 2.45) is 0 Å². The lowest BCUT2D eigenvalue weighted by Gasteiger charge is -2.14. The maximum absolute atomic E-state index is 12.6. The molecule has 0 aromatic heterocycles. The minimum Gasteiger partial charge on any atom is -0.480 e. The van der Waals surface area contributed by atoms with Crippen LogP contribution < -0.4 is 5.32 Å². The van der Waals surface area contributed by atoms with Gasteiger partial charge in [0.2, 0.25) is 0 Å². The number of sulfone groups is 1. The number of carbonyl (C=O) groups excluding carboxylic acids is 1. The average Bonchev–Trinajstić information content (AvgIpc) is 2.61. The van der Waals surface area contributed by atoms with Crippen LogP contribution in [0, 0.1) is 0 Å². The predicted octanol–water partition coefficient (Wildman–Crippen LogP) is 2.64. The van der Waals surface area contributed by atoms with Gasteiger partial charge in [0.25, 0.3) is 5.91 Å². The molecule has 1 atom stereocenters. The van der Waals surface area contributed by atoms with Crippen LogP contribution in [0.15, 0.2) is 59.5 Å². The Hall–Kier alpha value is -2.67. The molecule has 0 radical (unpaired) electrons. The molecule has 2 aromatic rings. The molecule has 26 heavy (non-hydrogen) atoms. The first-order valence-electron chi connectivity index (χ1n) is 8.24. The summed E-state index contributed by atoms with van der Waals surface area (Å²) in [6, 6.07) is 13.4. The van der Waals surface area contributed by atoms with Crippen molar-refractivity contribution in [3.8, 4) is 0 Å². The molecule has 6 nitrogen and oxygen atoms in total. The summed E-state index contributed by atoms with van der Waals surface area (Å²) in [5.74, 6) is -1.90. The van der Waals surface area contributed by atoms with E-state index in [4.69, 9.17) is 5.11 Å². The van der Waals surface area contributed by atoms with Gasteiger partial charge in [0, 0.05) is 5.56 Å². The van der Waals surface area contributed by atoms with Crippen molar-refractivity contribution in [2.75, 3.05) is 0 Å². The molecule has 0 spiro atoms. The van der Waals surface area contributed by atoms with Gasteiger partial charge in [-0.2, -0.15) is 0 Å². The Balaban J connectivity index is 2.21. The van der Waals surface area contributed by atoms with Crippen LogP contribution in [0.25, 0.3) is 0 Å². The molecule has 0 heterocycles. The highest BCUT2D eigenvalue weighted by molar-refractivity contribution is 7.90. The summed E-state index contributed by atoms with van der Waals surface area (Å²) in [4.78, 5) is 23.5. The molecule has 1 unspecified atom stereocenters. The van der Waals surface area contributed by atoms with Crippen molar-refractivity contribution in [2.45, 2.75) is 36.5 Å². The Morgan fingerprint density at radius 2 is 1.77 bits per heavy atom. The highest BCUT2D eigenvalue weighted by atomic mass is 32.2. The van der Waals surface area contributed by atoms with Crippen molar-refractivity contribution >= 4 is 21.7 Å². The molecule has 2 rings (SSSR count). The maximum Gasteiger partial charge on any atom is 0.326 e. The standard InChI is InChI=1S/C19H21NO5S/c1-2-7-17(19(22)23)20-18(21)15-10-6-11-16(12-15)26(24,25)13-14-8-4-3-5-9-14/h3-6,8-12,17H,2,7,13H2,1H3,(H,20,21)(H,22,23). The zero-order valence-electron chi connectivity index (χ0n) is 14.4. The van der Waals surface area contributed by atoms with Gasteiger partial charge in [-0.3, -0.25) is 4.79 Å². The summed E-state index contributed by atoms with van der Waals surface area (Å²) in [6.45, 7) is 1.82. The van der Waals surface area contributed by atoms with Crippen LogP contribution in [0.3, 0.4) is 0 Å². The van der Waals surface area contributed by atoms with Crippen molar-refractivity contribution < 1.29 is 23.1 Å². The third-order valence-electron chi connectivity index (χ3n) is 3.84. The molecule has 1 amide bonds. The first kappa shape index (κ1) is 19.7. The van der Waals surface area contributed by atoms with E-state index in [0.29, 0.717) is 18.4 Å². The molecule has 0 saturated carbocycles. The number of carboxylic acid groups (broad SMARTS) is 1. The van der Waals surface area contributed by atoms with E-state index in [0.717, 1.165) is 0 Å². The zero-order chi connectivity index (χ0) is 19.2. The van der Waals surface area contributed by atoms with E-state index in [-0.39, 0.29) is 16.2 Å². The lowest BCUT2D eigenvalue weighted by molar-refractivity contribution is -0.139. The first-order chi connectivity index (χ1) is 12.3. The highest BCUT2D eigenvalue weighted by Gasteiger charge is 2.21. The van der Waals surface area contributed by atoms with Crippen LogP contribution in [0.4, 0.5) is 0 Å². The van der Waals surface area contributed by atoms with Gasteiger partial charge in [0.15, 0.2) is 9.84 Å². The summed E-state index contributed by atoms with van der Waals surface area (Å²) in [5.41, 5.74) is 0.762. The van der Waals surface area contributed by atoms with Crippen LogP contribution in [-0.2, 0) is 20.4 Å². The van der Waals surface area contributed by atoms with Gasteiger partial charge in [-0.1, -0.05) is 49.7 Å². The number of carboxylic acids is 1. The minimum atomic E-state index is -3.62. The lowest BCUT2D eigenvalue weighted by Crippen LogP contribution is -2.40. The predicted molar refractivity (Wildman–Crippen MR) is 97.6 cm³/mol. The van der Waals surface area contributed by atoms with Crippen molar-refractivity contribution in [1.29, 1.82) is 0 Å². The van der Waals surface area contributed by atoms with E-state index in [9.17, 15) is 18.0 Å². The van der Waals surface area contributed by atoms with Crippen LogP contribution in [0.2, 0.25) is 0 Å². The van der Waals surface area contributed by atoms with Gasteiger partial charge >= 0.3 is 5.97 Å². The zero-order valence-corrected chi connectivity index (χ0v) is 15.2. The number of hydrogen-bond donors (Lipinski definition) is 2. The number of nitrogens with one attached hydrogen (secondary N) is 1. The lowest BCUT2D eigenvalue weighted by atomic mass is 10.1. The number of rotatable bonds is 8. The normalized spacial score (nSPS) is 12.3. The van der Waals surface area contributed by atoms with E-state index in [1.54, 1.807) is 30.3 Å². The van der Waals surface area contributed by atoms with Crippen molar-refractivity contribution in [3.63, 3.8) is 0 Å². The third-order valence-corrected chi connectivity index (χ3v) is 5.52. The molecule has 0 bridgehead atoms. The second-order valence-electron chi connectivity index (χ2n) is 5.93. The van der Waals surface area contributed by atoms with Crippen LogP contribution >= 0.6 is 0 Å². The smallest absolute Gasteiger partial charge is 0.326 e. The van der Waals surface area contributed by atoms with Crippen LogP contribution in [-0.4, -0.2) is 31.4 Å². The largest absolute Gasteiger partial charge is 0.480 e. The van der Waals surface area contributed by atoms with E-state index < -0.39 is 27.8 Å². The number of aliphatic carboxylic acids is 1. The van der Waals surface area contributed by atoms with Gasteiger partial charge < -0.3 is 10.4 Å². The molecule has 2 aromatic carbocycles. The Morgan fingerprint density at radius 3 is 2.38 bits per heavy atom. The Morgan fingerprint density at radius 1 is 1.08 bits per heavy atom. The van der Waals surface area contributed by atoms with Gasteiger partial charge in [-0.15, -0.1) is 0 Å². The third kappa shape index (κ3) is 5.16. The first-order valence-corrected chi connectivity index (χ1v) is 9.89.